The highest BCUT2D eigenvalue weighted by Gasteiger charge is 2.39. The van der Waals surface area contributed by atoms with E-state index in [1.807, 2.05) is 0 Å². The van der Waals surface area contributed by atoms with Crippen LogP contribution < -0.4 is 5.32 Å². The summed E-state index contributed by atoms with van der Waals surface area (Å²) >= 11 is 5.72. The fourth-order valence-corrected chi connectivity index (χ4v) is 1.77. The van der Waals surface area contributed by atoms with Gasteiger partial charge in [-0.1, -0.05) is 24.6 Å². The first kappa shape index (κ1) is 15.2. The summed E-state index contributed by atoms with van der Waals surface area (Å²) in [5.74, 6) is -0.561. The van der Waals surface area contributed by atoms with Crippen molar-refractivity contribution in [3.05, 3.63) is 34.6 Å². The van der Waals surface area contributed by atoms with Gasteiger partial charge in [0.2, 0.25) is 0 Å². The van der Waals surface area contributed by atoms with Crippen molar-refractivity contribution < 1.29 is 17.6 Å². The lowest BCUT2D eigenvalue weighted by atomic mass is 10.1. The van der Waals surface area contributed by atoms with E-state index in [-0.39, 0.29) is 23.6 Å². The Labute approximate surface area is 108 Å². The van der Waals surface area contributed by atoms with Gasteiger partial charge in [-0.15, -0.1) is 0 Å². The summed E-state index contributed by atoms with van der Waals surface area (Å²) in [6.07, 6.45) is -4.06. The monoisotopic (exact) mass is 283 g/mol. The molecular formula is C12H14ClF4N. The van der Waals surface area contributed by atoms with Crippen LogP contribution in [0.1, 0.15) is 18.9 Å². The van der Waals surface area contributed by atoms with Gasteiger partial charge < -0.3 is 5.32 Å². The van der Waals surface area contributed by atoms with Crippen molar-refractivity contribution in [2.24, 2.45) is 0 Å². The first-order valence-electron chi connectivity index (χ1n) is 5.58. The second kappa shape index (κ2) is 6.38. The third-order valence-electron chi connectivity index (χ3n) is 2.48. The molecule has 0 radical (unpaired) electrons. The quantitative estimate of drug-likeness (QED) is 0.807. The van der Waals surface area contributed by atoms with E-state index in [9.17, 15) is 17.6 Å². The maximum absolute atomic E-state index is 12.8. The number of alkyl halides is 3. The number of nitrogens with one attached hydrogen (secondary N) is 1. The molecule has 0 saturated heterocycles. The lowest BCUT2D eigenvalue weighted by Crippen LogP contribution is -2.44. The molecule has 0 fully saturated rings. The molecule has 102 valence electrons. The van der Waals surface area contributed by atoms with E-state index in [0.29, 0.717) is 6.42 Å². The Morgan fingerprint density at radius 1 is 1.33 bits per heavy atom. The fourth-order valence-electron chi connectivity index (χ4n) is 1.53. The van der Waals surface area contributed by atoms with Crippen LogP contribution in [0.3, 0.4) is 0 Å². The summed E-state index contributed by atoms with van der Waals surface area (Å²) in [4.78, 5) is 0. The van der Waals surface area contributed by atoms with Crippen LogP contribution in [0, 0.1) is 5.82 Å². The van der Waals surface area contributed by atoms with Crippen molar-refractivity contribution in [3.63, 3.8) is 0 Å². The minimum atomic E-state index is -4.35. The smallest absolute Gasteiger partial charge is 0.306 e. The van der Waals surface area contributed by atoms with Gasteiger partial charge in [-0.25, -0.2) is 4.39 Å². The van der Waals surface area contributed by atoms with Gasteiger partial charge in [0.05, 0.1) is 0 Å². The van der Waals surface area contributed by atoms with E-state index >= 15 is 0 Å². The van der Waals surface area contributed by atoms with Crippen molar-refractivity contribution in [2.45, 2.75) is 32.0 Å². The Hall–Kier alpha value is -0.810. The second-order valence-electron chi connectivity index (χ2n) is 3.99. The molecule has 0 aliphatic heterocycles. The molecule has 0 heterocycles. The first-order valence-corrected chi connectivity index (χ1v) is 5.96. The van der Waals surface area contributed by atoms with Gasteiger partial charge in [0.1, 0.15) is 11.9 Å². The SMILES string of the molecule is CCCNC(Cc1ccc(F)cc1Cl)C(F)(F)F. The van der Waals surface area contributed by atoms with Gasteiger partial charge in [0.25, 0.3) is 0 Å². The predicted octanol–water partition coefficient (Wildman–Crippen LogP) is 3.95. The molecule has 1 aromatic carbocycles. The Morgan fingerprint density at radius 3 is 2.50 bits per heavy atom. The summed E-state index contributed by atoms with van der Waals surface area (Å²) in [6.45, 7) is 2.05. The number of benzene rings is 1. The average molecular weight is 284 g/mol. The summed E-state index contributed by atoms with van der Waals surface area (Å²) in [6, 6.07) is 1.74. The maximum atomic E-state index is 12.8. The lowest BCUT2D eigenvalue weighted by Gasteiger charge is -2.22. The molecule has 0 saturated carbocycles. The topological polar surface area (TPSA) is 12.0 Å². The molecule has 1 nitrogen and oxygen atoms in total. The number of rotatable bonds is 5. The molecule has 1 rings (SSSR count). The van der Waals surface area contributed by atoms with Crippen LogP contribution in [0.25, 0.3) is 0 Å². The Balaban J connectivity index is 2.82. The zero-order valence-corrected chi connectivity index (χ0v) is 10.6. The summed E-state index contributed by atoms with van der Waals surface area (Å²) in [7, 11) is 0. The van der Waals surface area contributed by atoms with Crippen LogP contribution in [0.2, 0.25) is 5.02 Å². The molecule has 1 N–H and O–H groups in total. The summed E-state index contributed by atoms with van der Waals surface area (Å²) in [5.41, 5.74) is 0.281. The van der Waals surface area contributed by atoms with Crippen LogP contribution >= 0.6 is 11.6 Å². The van der Waals surface area contributed by atoms with E-state index in [1.54, 1.807) is 6.92 Å². The predicted molar refractivity (Wildman–Crippen MR) is 63.3 cm³/mol. The minimum Gasteiger partial charge on any atom is -0.306 e. The molecule has 0 bridgehead atoms. The first-order chi connectivity index (χ1) is 8.34. The number of hydrogen-bond acceptors (Lipinski definition) is 1. The molecule has 0 aliphatic carbocycles. The molecule has 1 atom stereocenters. The Bertz CT molecular complexity index is 392. The average Bonchev–Trinajstić information content (AvgIpc) is 2.25. The van der Waals surface area contributed by atoms with E-state index in [2.05, 4.69) is 5.32 Å². The third-order valence-corrected chi connectivity index (χ3v) is 2.83. The number of hydrogen-bond donors (Lipinski definition) is 1. The summed E-state index contributed by atoms with van der Waals surface area (Å²) < 4.78 is 51.1. The van der Waals surface area contributed by atoms with Crippen LogP contribution in [0.5, 0.6) is 0 Å². The van der Waals surface area contributed by atoms with Crippen molar-refractivity contribution in [2.75, 3.05) is 6.54 Å². The van der Waals surface area contributed by atoms with Crippen LogP contribution in [-0.2, 0) is 6.42 Å². The molecular weight excluding hydrogens is 270 g/mol. The highest BCUT2D eigenvalue weighted by atomic mass is 35.5. The van der Waals surface area contributed by atoms with Gasteiger partial charge in [-0.2, -0.15) is 13.2 Å². The third kappa shape index (κ3) is 4.46. The van der Waals surface area contributed by atoms with Crippen LogP contribution in [-0.4, -0.2) is 18.8 Å². The number of halogens is 5. The van der Waals surface area contributed by atoms with Gasteiger partial charge in [0, 0.05) is 5.02 Å². The van der Waals surface area contributed by atoms with E-state index in [0.717, 1.165) is 12.1 Å². The molecule has 0 amide bonds. The molecule has 0 aromatic heterocycles. The van der Waals surface area contributed by atoms with Crippen molar-refractivity contribution in [3.8, 4) is 0 Å². The van der Waals surface area contributed by atoms with Crippen molar-refractivity contribution in [1.82, 2.24) is 5.32 Å². The fraction of sp³-hybridized carbons (Fsp3) is 0.500. The zero-order chi connectivity index (χ0) is 13.8. The normalized spacial score (nSPS) is 13.7. The minimum absolute atomic E-state index is 0.0162. The second-order valence-corrected chi connectivity index (χ2v) is 4.40. The molecule has 0 aliphatic rings. The molecule has 1 unspecified atom stereocenters. The molecule has 1 aromatic rings. The highest BCUT2D eigenvalue weighted by molar-refractivity contribution is 6.31. The van der Waals surface area contributed by atoms with E-state index < -0.39 is 18.0 Å². The van der Waals surface area contributed by atoms with Crippen LogP contribution in [0.15, 0.2) is 18.2 Å². The maximum Gasteiger partial charge on any atom is 0.404 e. The Morgan fingerprint density at radius 2 is 2.00 bits per heavy atom. The van der Waals surface area contributed by atoms with E-state index in [1.165, 1.54) is 6.07 Å². The van der Waals surface area contributed by atoms with Gasteiger partial charge in [0.15, 0.2) is 0 Å². The Kier molecular flexibility index (Phi) is 5.41. The standard InChI is InChI=1S/C12H14ClF4N/c1-2-5-18-11(12(15,16)17)6-8-3-4-9(14)7-10(8)13/h3-4,7,11,18H,2,5-6H2,1H3. The van der Waals surface area contributed by atoms with Gasteiger partial charge in [-0.05, 0) is 37.1 Å². The van der Waals surface area contributed by atoms with Crippen LogP contribution in [0.4, 0.5) is 17.6 Å². The highest BCUT2D eigenvalue weighted by Crippen LogP contribution is 2.26. The zero-order valence-electron chi connectivity index (χ0n) is 9.82. The lowest BCUT2D eigenvalue weighted by molar-refractivity contribution is -0.155. The largest absolute Gasteiger partial charge is 0.404 e. The molecule has 18 heavy (non-hydrogen) atoms. The molecule has 6 heteroatoms. The van der Waals surface area contributed by atoms with Crippen molar-refractivity contribution >= 4 is 11.6 Å². The van der Waals surface area contributed by atoms with Gasteiger partial charge in [-0.3, -0.25) is 0 Å². The van der Waals surface area contributed by atoms with Gasteiger partial charge >= 0.3 is 6.18 Å². The summed E-state index contributed by atoms with van der Waals surface area (Å²) in [5, 5.41) is 2.44. The van der Waals surface area contributed by atoms with E-state index in [4.69, 9.17) is 11.6 Å². The molecule has 0 spiro atoms. The van der Waals surface area contributed by atoms with Crippen molar-refractivity contribution in [1.29, 1.82) is 0 Å².